The second kappa shape index (κ2) is 12.4. The lowest BCUT2D eigenvalue weighted by atomic mass is 10.3. The largest absolute Gasteiger partial charge is 0.373 e. The van der Waals surface area contributed by atoms with Crippen molar-refractivity contribution in [1.29, 1.82) is 0 Å². The van der Waals surface area contributed by atoms with Crippen LogP contribution in [-0.4, -0.2) is 50.8 Å². The average Bonchev–Trinajstić information content (AvgIpc) is 2.34. The summed E-state index contributed by atoms with van der Waals surface area (Å²) in [5.41, 5.74) is 0. The molecule has 6 atom stereocenters. The molecular weight excluding hydrogens is 286 g/mol. The smallest absolute Gasteiger partial charge is 0.0788 e. The van der Waals surface area contributed by atoms with Crippen molar-refractivity contribution < 1.29 is 23.3 Å². The third-order valence-electron chi connectivity index (χ3n) is 2.36. The predicted molar refractivity (Wildman–Crippen MR) is 82.2 cm³/mol. The Hall–Kier alpha value is 0.660. The minimum Gasteiger partial charge on any atom is -0.373 e. The fraction of sp³-hybridized carbons (Fsp3) is 1.00. The monoisotopic (exact) mass is 314 g/mol. The molecule has 0 saturated carbocycles. The lowest BCUT2D eigenvalue weighted by molar-refractivity contribution is -0.0900. The molecule has 0 saturated heterocycles. The van der Waals surface area contributed by atoms with Gasteiger partial charge in [-0.25, -0.2) is 0 Å². The van der Waals surface area contributed by atoms with Crippen LogP contribution in [0, 0.1) is 0 Å². The van der Waals surface area contributed by atoms with Gasteiger partial charge in [-0.1, -0.05) is 0 Å². The third-order valence-corrected chi connectivity index (χ3v) is 2.74. The molecule has 19 heavy (non-hydrogen) atoms. The van der Waals surface area contributed by atoms with Gasteiger partial charge in [0.1, 0.15) is 0 Å². The van der Waals surface area contributed by atoms with Gasteiger partial charge in [0.25, 0.3) is 0 Å². The van der Waals surface area contributed by atoms with E-state index in [0.29, 0.717) is 26.4 Å². The van der Waals surface area contributed by atoms with Gasteiger partial charge in [0.05, 0.1) is 50.8 Å². The summed E-state index contributed by atoms with van der Waals surface area (Å²) in [6.07, 6.45) is 0.190. The number of hydrogen-bond acceptors (Lipinski definition) is 5. The average molecular weight is 314 g/mol. The maximum Gasteiger partial charge on any atom is 0.0788 e. The molecule has 0 bridgehead atoms. The Morgan fingerprint density at radius 3 is 1.53 bits per heavy atom. The summed E-state index contributed by atoms with van der Waals surface area (Å²) in [4.78, 5) is 0. The van der Waals surface area contributed by atoms with Gasteiger partial charge in [-0.15, -0.1) is 0 Å². The Morgan fingerprint density at radius 2 is 1.00 bits per heavy atom. The highest BCUT2D eigenvalue weighted by atomic mass is 31.0. The van der Waals surface area contributed by atoms with Crippen LogP contribution in [0.25, 0.3) is 0 Å². The zero-order valence-corrected chi connectivity index (χ0v) is 14.6. The lowest BCUT2D eigenvalue weighted by Crippen LogP contribution is -2.28. The molecule has 0 aromatic heterocycles. The van der Waals surface area contributed by atoms with Crippen molar-refractivity contribution in [3.8, 4) is 0 Å². The van der Waals surface area contributed by atoms with E-state index in [9.17, 15) is 0 Å². The highest BCUT2D eigenvalue weighted by Gasteiger charge is 2.12. The molecule has 0 spiro atoms. The Bertz CT molecular complexity index is 209. The highest BCUT2D eigenvalue weighted by Crippen LogP contribution is 2.04. The molecule has 6 unspecified atom stereocenters. The van der Waals surface area contributed by atoms with E-state index in [-0.39, 0.29) is 24.4 Å². The summed E-state index contributed by atoms with van der Waals surface area (Å²) in [5, 5.41) is 0. The van der Waals surface area contributed by atoms with Crippen molar-refractivity contribution >= 4 is 18.9 Å². The minimum absolute atomic E-state index is 0.0328. The van der Waals surface area contributed by atoms with Crippen LogP contribution in [-0.2, 0) is 23.3 Å². The maximum absolute atomic E-state index is 5.68. The maximum atomic E-state index is 5.68. The second-order valence-corrected chi connectivity index (χ2v) is 5.38. The molecular formula is C12H28O5P2. The summed E-state index contributed by atoms with van der Waals surface area (Å²) < 4.78 is 26.8. The van der Waals surface area contributed by atoms with Crippen molar-refractivity contribution in [2.75, 3.05) is 26.4 Å². The first-order chi connectivity index (χ1) is 8.99. The van der Waals surface area contributed by atoms with Crippen LogP contribution in [0.3, 0.4) is 0 Å². The van der Waals surface area contributed by atoms with Crippen molar-refractivity contribution in [3.05, 3.63) is 0 Å². The quantitative estimate of drug-likeness (QED) is 0.517. The minimum atomic E-state index is 0.0328. The normalized spacial score (nSPS) is 18.0. The first-order valence-corrected chi connectivity index (χ1v) is 7.45. The predicted octanol–water partition coefficient (Wildman–Crippen LogP) is 2.20. The Labute approximate surface area is 121 Å². The van der Waals surface area contributed by atoms with Gasteiger partial charge in [0.15, 0.2) is 0 Å². The van der Waals surface area contributed by atoms with E-state index < -0.39 is 0 Å². The van der Waals surface area contributed by atoms with Gasteiger partial charge in [-0.3, -0.25) is 0 Å². The van der Waals surface area contributed by atoms with Crippen molar-refractivity contribution in [2.24, 2.45) is 0 Å². The Balaban J connectivity index is 3.62. The van der Waals surface area contributed by atoms with E-state index in [1.54, 1.807) is 0 Å². The number of ether oxygens (including phenoxy) is 3. The van der Waals surface area contributed by atoms with Gasteiger partial charge in [-0.05, 0) is 27.7 Å². The first kappa shape index (κ1) is 19.7. The molecule has 0 radical (unpaired) electrons. The molecule has 5 nitrogen and oxygen atoms in total. The molecule has 0 aliphatic rings. The highest BCUT2D eigenvalue weighted by molar-refractivity contribution is 7.10. The van der Waals surface area contributed by atoms with Crippen LogP contribution >= 0.6 is 18.9 Å². The lowest BCUT2D eigenvalue weighted by Gasteiger charge is -2.21. The third kappa shape index (κ3) is 12.1. The Morgan fingerprint density at radius 1 is 0.632 bits per heavy atom. The molecule has 0 aromatic rings. The van der Waals surface area contributed by atoms with E-state index in [2.05, 4.69) is 18.9 Å². The van der Waals surface area contributed by atoms with E-state index in [4.69, 9.17) is 23.3 Å². The molecule has 0 amide bonds. The summed E-state index contributed by atoms with van der Waals surface area (Å²) in [6, 6.07) is 0. The second-order valence-electron chi connectivity index (χ2n) is 4.71. The molecule has 0 aliphatic heterocycles. The van der Waals surface area contributed by atoms with Crippen LogP contribution in [0.1, 0.15) is 27.7 Å². The molecule has 116 valence electrons. The van der Waals surface area contributed by atoms with Gasteiger partial charge < -0.3 is 23.3 Å². The molecule has 0 aromatic carbocycles. The molecule has 0 heterocycles. The van der Waals surface area contributed by atoms with Gasteiger partial charge in [0, 0.05) is 18.9 Å². The van der Waals surface area contributed by atoms with Crippen molar-refractivity contribution in [3.63, 3.8) is 0 Å². The van der Waals surface area contributed by atoms with E-state index >= 15 is 0 Å². The zero-order chi connectivity index (χ0) is 14.7. The fourth-order valence-electron chi connectivity index (χ4n) is 1.44. The summed E-state index contributed by atoms with van der Waals surface area (Å²) in [6.45, 7) is 10.1. The molecule has 0 N–H and O–H groups in total. The molecule has 0 aliphatic carbocycles. The number of hydrogen-bond donors (Lipinski definition) is 0. The first-order valence-electron chi connectivity index (χ1n) is 6.51. The molecule has 0 fully saturated rings. The van der Waals surface area contributed by atoms with Crippen molar-refractivity contribution in [2.45, 2.75) is 52.1 Å². The van der Waals surface area contributed by atoms with Crippen LogP contribution in [0.15, 0.2) is 0 Å². The van der Waals surface area contributed by atoms with E-state index in [0.717, 1.165) is 0 Å². The summed E-state index contributed by atoms with van der Waals surface area (Å²) in [7, 11) is 4.43. The summed E-state index contributed by atoms with van der Waals surface area (Å²) in [5.74, 6) is 0. The molecule has 0 rings (SSSR count). The number of rotatable bonds is 12. The zero-order valence-electron chi connectivity index (χ0n) is 12.3. The van der Waals surface area contributed by atoms with Gasteiger partial charge >= 0.3 is 0 Å². The van der Waals surface area contributed by atoms with E-state index in [1.807, 2.05) is 27.7 Å². The fourth-order valence-corrected chi connectivity index (χ4v) is 1.98. The van der Waals surface area contributed by atoms with E-state index in [1.165, 1.54) is 0 Å². The standard InChI is InChI=1S/C12H28O5P2/c1-9(5-13-10(2)7-15-18)14-6-11(3)17-12(4)8-16-19/h9-12H,5-8,18-19H2,1-4H3. The summed E-state index contributed by atoms with van der Waals surface area (Å²) >= 11 is 0. The van der Waals surface area contributed by atoms with Gasteiger partial charge in [-0.2, -0.15) is 0 Å². The van der Waals surface area contributed by atoms with Gasteiger partial charge in [0.2, 0.25) is 0 Å². The van der Waals surface area contributed by atoms with Crippen LogP contribution < -0.4 is 0 Å². The van der Waals surface area contributed by atoms with Crippen LogP contribution in [0.2, 0.25) is 0 Å². The van der Waals surface area contributed by atoms with Crippen LogP contribution in [0.5, 0.6) is 0 Å². The SMILES string of the molecule is CC(COP)OCC(C)OCC(C)OC(C)COP. The van der Waals surface area contributed by atoms with Crippen LogP contribution in [0.4, 0.5) is 0 Å². The van der Waals surface area contributed by atoms with Crippen molar-refractivity contribution in [1.82, 2.24) is 0 Å². The Kier molecular flexibility index (Phi) is 12.8. The molecule has 7 heteroatoms. The topological polar surface area (TPSA) is 46.2 Å².